The highest BCUT2D eigenvalue weighted by molar-refractivity contribution is 5.24. The summed E-state index contributed by atoms with van der Waals surface area (Å²) in [7, 11) is 0. The average molecular weight is 287 g/mol. The van der Waals surface area contributed by atoms with Crippen LogP contribution in [0.3, 0.4) is 0 Å². The standard InChI is InChI=1S/C18H22FNO/c1-13-6-8-15(9-7-13)14(2)11-20-12-18(21)16-4-3-5-17(19)10-16/h3-10,14,18,20-21H,11-12H2,1-2H3. The Kier molecular flexibility index (Phi) is 5.48. The second-order valence-corrected chi connectivity index (χ2v) is 5.54. The molecule has 0 fully saturated rings. The maximum absolute atomic E-state index is 13.1. The number of aryl methyl sites for hydroxylation is 1. The zero-order valence-electron chi connectivity index (χ0n) is 12.5. The lowest BCUT2D eigenvalue weighted by atomic mass is 10.00. The molecule has 2 rings (SSSR count). The Bertz CT molecular complexity index is 568. The average Bonchev–Trinajstić information content (AvgIpc) is 2.47. The molecule has 2 aromatic rings. The fraction of sp³-hybridized carbons (Fsp3) is 0.333. The Morgan fingerprint density at radius 3 is 2.43 bits per heavy atom. The van der Waals surface area contributed by atoms with E-state index in [-0.39, 0.29) is 5.82 Å². The summed E-state index contributed by atoms with van der Waals surface area (Å²) in [5.41, 5.74) is 3.12. The Labute approximate surface area is 125 Å². The van der Waals surface area contributed by atoms with Gasteiger partial charge in [0.15, 0.2) is 0 Å². The van der Waals surface area contributed by atoms with Crippen LogP contribution < -0.4 is 5.32 Å². The van der Waals surface area contributed by atoms with Crippen LogP contribution in [-0.2, 0) is 0 Å². The van der Waals surface area contributed by atoms with Crippen molar-refractivity contribution in [3.8, 4) is 0 Å². The minimum Gasteiger partial charge on any atom is -0.387 e. The molecule has 21 heavy (non-hydrogen) atoms. The quantitative estimate of drug-likeness (QED) is 0.851. The van der Waals surface area contributed by atoms with Crippen LogP contribution in [-0.4, -0.2) is 18.2 Å². The summed E-state index contributed by atoms with van der Waals surface area (Å²) in [4.78, 5) is 0. The second-order valence-electron chi connectivity index (χ2n) is 5.54. The molecule has 2 unspecified atom stereocenters. The molecule has 0 amide bonds. The number of benzene rings is 2. The third kappa shape index (κ3) is 4.66. The second kappa shape index (κ2) is 7.34. The summed E-state index contributed by atoms with van der Waals surface area (Å²) in [5, 5.41) is 13.3. The molecule has 2 nitrogen and oxygen atoms in total. The summed E-state index contributed by atoms with van der Waals surface area (Å²) in [6.45, 7) is 5.41. The molecule has 0 aliphatic carbocycles. The molecule has 2 atom stereocenters. The van der Waals surface area contributed by atoms with Crippen molar-refractivity contribution in [1.29, 1.82) is 0 Å². The van der Waals surface area contributed by atoms with Crippen LogP contribution in [0.15, 0.2) is 48.5 Å². The Morgan fingerprint density at radius 2 is 1.76 bits per heavy atom. The number of rotatable bonds is 6. The van der Waals surface area contributed by atoms with Crippen molar-refractivity contribution >= 4 is 0 Å². The first-order valence-corrected chi connectivity index (χ1v) is 7.27. The van der Waals surface area contributed by atoms with Gasteiger partial charge in [0.2, 0.25) is 0 Å². The minimum atomic E-state index is -0.689. The van der Waals surface area contributed by atoms with Crippen molar-refractivity contribution in [3.05, 3.63) is 71.0 Å². The number of halogens is 1. The van der Waals surface area contributed by atoms with Gasteiger partial charge >= 0.3 is 0 Å². The van der Waals surface area contributed by atoms with Crippen LogP contribution >= 0.6 is 0 Å². The van der Waals surface area contributed by atoms with Gasteiger partial charge in [-0.1, -0.05) is 48.9 Å². The third-order valence-electron chi connectivity index (χ3n) is 3.67. The van der Waals surface area contributed by atoms with Gasteiger partial charge in [0.25, 0.3) is 0 Å². The molecular weight excluding hydrogens is 265 g/mol. The number of aliphatic hydroxyl groups is 1. The van der Waals surface area contributed by atoms with Gasteiger partial charge in [-0.3, -0.25) is 0 Å². The summed E-state index contributed by atoms with van der Waals surface area (Å²) < 4.78 is 13.1. The van der Waals surface area contributed by atoms with Gasteiger partial charge in [-0.15, -0.1) is 0 Å². The molecule has 3 heteroatoms. The van der Waals surface area contributed by atoms with E-state index < -0.39 is 6.10 Å². The first kappa shape index (κ1) is 15.7. The topological polar surface area (TPSA) is 32.3 Å². The molecule has 0 spiro atoms. The minimum absolute atomic E-state index is 0.320. The van der Waals surface area contributed by atoms with E-state index in [1.165, 1.54) is 23.3 Å². The Morgan fingerprint density at radius 1 is 1.05 bits per heavy atom. The number of hydrogen-bond acceptors (Lipinski definition) is 2. The van der Waals surface area contributed by atoms with Gasteiger partial charge in [0, 0.05) is 13.1 Å². The maximum Gasteiger partial charge on any atom is 0.123 e. The lowest BCUT2D eigenvalue weighted by Gasteiger charge is -2.16. The van der Waals surface area contributed by atoms with E-state index in [0.29, 0.717) is 18.0 Å². The fourth-order valence-corrected chi connectivity index (χ4v) is 2.28. The Balaban J connectivity index is 1.82. The van der Waals surface area contributed by atoms with E-state index in [0.717, 1.165) is 6.54 Å². The smallest absolute Gasteiger partial charge is 0.123 e. The van der Waals surface area contributed by atoms with Crippen molar-refractivity contribution in [2.75, 3.05) is 13.1 Å². The first-order chi connectivity index (χ1) is 10.1. The highest BCUT2D eigenvalue weighted by atomic mass is 19.1. The molecule has 0 heterocycles. The monoisotopic (exact) mass is 287 g/mol. The van der Waals surface area contributed by atoms with Gasteiger partial charge < -0.3 is 10.4 Å². The van der Waals surface area contributed by atoms with Gasteiger partial charge in [-0.2, -0.15) is 0 Å². The van der Waals surface area contributed by atoms with Gasteiger partial charge in [0.1, 0.15) is 5.82 Å². The van der Waals surface area contributed by atoms with E-state index in [4.69, 9.17) is 0 Å². The molecule has 0 saturated carbocycles. The molecular formula is C18H22FNO. The van der Waals surface area contributed by atoms with Crippen LogP contribution in [0.4, 0.5) is 4.39 Å². The first-order valence-electron chi connectivity index (χ1n) is 7.27. The normalized spacial score (nSPS) is 13.9. The summed E-state index contributed by atoms with van der Waals surface area (Å²) in [6.07, 6.45) is -0.689. The van der Waals surface area contributed by atoms with E-state index >= 15 is 0 Å². The van der Waals surface area contributed by atoms with E-state index in [1.807, 2.05) is 0 Å². The molecule has 2 aromatic carbocycles. The van der Waals surface area contributed by atoms with Gasteiger partial charge in [0.05, 0.1) is 6.10 Å². The third-order valence-corrected chi connectivity index (χ3v) is 3.67. The number of hydrogen-bond donors (Lipinski definition) is 2. The lowest BCUT2D eigenvalue weighted by molar-refractivity contribution is 0.174. The van der Waals surface area contributed by atoms with Gasteiger partial charge in [-0.25, -0.2) is 4.39 Å². The van der Waals surface area contributed by atoms with Crippen LogP contribution in [0.5, 0.6) is 0 Å². The van der Waals surface area contributed by atoms with Crippen molar-refractivity contribution < 1.29 is 9.50 Å². The van der Waals surface area contributed by atoms with Crippen molar-refractivity contribution in [1.82, 2.24) is 5.32 Å². The highest BCUT2D eigenvalue weighted by Gasteiger charge is 2.10. The summed E-state index contributed by atoms with van der Waals surface area (Å²) in [5.74, 6) is 0.0462. The number of nitrogens with one attached hydrogen (secondary N) is 1. The molecule has 0 aliphatic rings. The molecule has 2 N–H and O–H groups in total. The van der Waals surface area contributed by atoms with E-state index in [2.05, 4.69) is 43.4 Å². The Hall–Kier alpha value is -1.71. The largest absolute Gasteiger partial charge is 0.387 e. The van der Waals surface area contributed by atoms with Crippen LogP contribution in [0.1, 0.15) is 35.6 Å². The SMILES string of the molecule is Cc1ccc(C(C)CNCC(O)c2cccc(F)c2)cc1. The summed E-state index contributed by atoms with van der Waals surface area (Å²) >= 11 is 0. The van der Waals surface area contributed by atoms with E-state index in [1.54, 1.807) is 12.1 Å². The molecule has 0 bridgehead atoms. The zero-order chi connectivity index (χ0) is 15.2. The van der Waals surface area contributed by atoms with Crippen LogP contribution in [0, 0.1) is 12.7 Å². The van der Waals surface area contributed by atoms with Crippen molar-refractivity contribution in [3.63, 3.8) is 0 Å². The van der Waals surface area contributed by atoms with Crippen molar-refractivity contribution in [2.45, 2.75) is 25.9 Å². The fourth-order valence-electron chi connectivity index (χ4n) is 2.28. The molecule has 0 saturated heterocycles. The predicted molar refractivity (Wildman–Crippen MR) is 83.8 cm³/mol. The lowest BCUT2D eigenvalue weighted by Crippen LogP contribution is -2.25. The maximum atomic E-state index is 13.1. The van der Waals surface area contributed by atoms with Gasteiger partial charge in [-0.05, 0) is 36.1 Å². The molecule has 0 aromatic heterocycles. The summed E-state index contributed by atoms with van der Waals surface area (Å²) in [6, 6.07) is 14.6. The van der Waals surface area contributed by atoms with Crippen LogP contribution in [0.2, 0.25) is 0 Å². The molecule has 0 aliphatic heterocycles. The highest BCUT2D eigenvalue weighted by Crippen LogP contribution is 2.16. The number of aliphatic hydroxyl groups excluding tert-OH is 1. The van der Waals surface area contributed by atoms with Crippen molar-refractivity contribution in [2.24, 2.45) is 0 Å². The molecule has 112 valence electrons. The van der Waals surface area contributed by atoms with Crippen LogP contribution in [0.25, 0.3) is 0 Å². The zero-order valence-corrected chi connectivity index (χ0v) is 12.5. The molecule has 0 radical (unpaired) electrons. The predicted octanol–water partition coefficient (Wildman–Crippen LogP) is 3.56. The van der Waals surface area contributed by atoms with E-state index in [9.17, 15) is 9.50 Å².